The van der Waals surface area contributed by atoms with Crippen molar-refractivity contribution in [2.75, 3.05) is 17.2 Å². The van der Waals surface area contributed by atoms with Gasteiger partial charge < -0.3 is 26.0 Å². The van der Waals surface area contributed by atoms with E-state index in [1.54, 1.807) is 48.8 Å². The fourth-order valence-electron chi connectivity index (χ4n) is 3.91. The van der Waals surface area contributed by atoms with Gasteiger partial charge in [0.25, 0.3) is 0 Å². The zero-order valence-electron chi connectivity index (χ0n) is 20.1. The van der Waals surface area contributed by atoms with E-state index in [0.29, 0.717) is 28.5 Å². The third-order valence-corrected chi connectivity index (χ3v) is 5.86. The van der Waals surface area contributed by atoms with E-state index in [0.717, 1.165) is 18.2 Å². The van der Waals surface area contributed by atoms with Gasteiger partial charge >= 0.3 is 5.97 Å². The number of hydrogen-bond donors (Lipinski definition) is 5. The van der Waals surface area contributed by atoms with E-state index in [2.05, 4.69) is 25.7 Å². The summed E-state index contributed by atoms with van der Waals surface area (Å²) in [4.78, 5) is 19.3. The summed E-state index contributed by atoms with van der Waals surface area (Å²) in [6, 6.07) is 11.3. The first-order chi connectivity index (χ1) is 17.9. The second-order valence-corrected chi connectivity index (χ2v) is 8.70. The summed E-state index contributed by atoms with van der Waals surface area (Å²) in [7, 11) is 0. The molecule has 1 aromatic carbocycles. The van der Waals surface area contributed by atoms with Crippen LogP contribution in [0.1, 0.15) is 37.8 Å². The number of carbonyl (C=O) groups is 1. The molecule has 0 radical (unpaired) electrons. The number of nitrogens with zero attached hydrogens (tertiary/aromatic N) is 4. The number of anilines is 3. The standard InChI is InChI=1S/C20H17FN6O3.C6H12O/c21-15-7-14(27-6-5-13(11-28)26-27)2-3-16(15)24-19-8-17-12(9-22-19)1-4-18(25-17)23-10-20(29)30;7-6-4-2-1-3-5-6/h1-9,28H,10-11H2,(H,22,24)(H,23,25)(H,29,30);6-7H,1-5H2. The van der Waals surface area contributed by atoms with E-state index < -0.39 is 11.8 Å². The predicted octanol–water partition coefficient (Wildman–Crippen LogP) is 4.00. The Morgan fingerprint density at radius 1 is 1.08 bits per heavy atom. The number of carboxylic acid groups (broad SMARTS) is 1. The largest absolute Gasteiger partial charge is 0.480 e. The van der Waals surface area contributed by atoms with Crippen molar-refractivity contribution in [3.63, 3.8) is 0 Å². The molecule has 1 saturated carbocycles. The summed E-state index contributed by atoms with van der Waals surface area (Å²) in [5, 5.41) is 37.3. The molecule has 0 saturated heterocycles. The molecule has 5 N–H and O–H groups in total. The number of pyridine rings is 2. The van der Waals surface area contributed by atoms with Gasteiger partial charge in [0.1, 0.15) is 24.0 Å². The molecule has 3 aromatic heterocycles. The lowest BCUT2D eigenvalue weighted by Gasteiger charge is -2.14. The van der Waals surface area contributed by atoms with Crippen LogP contribution in [0.3, 0.4) is 0 Å². The van der Waals surface area contributed by atoms with Crippen LogP contribution in [0.2, 0.25) is 0 Å². The number of aliphatic hydroxyl groups excluding tert-OH is 2. The van der Waals surface area contributed by atoms with Crippen molar-refractivity contribution >= 4 is 34.2 Å². The number of rotatable bonds is 7. The average Bonchev–Trinajstić information content (AvgIpc) is 3.39. The van der Waals surface area contributed by atoms with Crippen LogP contribution in [-0.4, -0.2) is 53.7 Å². The molecule has 37 heavy (non-hydrogen) atoms. The highest BCUT2D eigenvalue weighted by atomic mass is 19.1. The summed E-state index contributed by atoms with van der Waals surface area (Å²) >= 11 is 0. The quantitative estimate of drug-likeness (QED) is 0.250. The Hall–Kier alpha value is -4.09. The Bertz CT molecular complexity index is 1360. The van der Waals surface area contributed by atoms with E-state index in [1.165, 1.54) is 30.0 Å². The second-order valence-electron chi connectivity index (χ2n) is 8.70. The van der Waals surface area contributed by atoms with Crippen molar-refractivity contribution in [2.24, 2.45) is 0 Å². The lowest BCUT2D eigenvalue weighted by atomic mass is 9.98. The summed E-state index contributed by atoms with van der Waals surface area (Å²) < 4.78 is 16.1. The van der Waals surface area contributed by atoms with Crippen LogP contribution in [0.25, 0.3) is 16.6 Å². The zero-order valence-corrected chi connectivity index (χ0v) is 20.1. The van der Waals surface area contributed by atoms with Crippen LogP contribution in [-0.2, 0) is 11.4 Å². The molecule has 5 rings (SSSR count). The highest BCUT2D eigenvalue weighted by Gasteiger charge is 2.09. The third-order valence-electron chi connectivity index (χ3n) is 5.86. The van der Waals surface area contributed by atoms with Crippen molar-refractivity contribution in [2.45, 2.75) is 44.8 Å². The van der Waals surface area contributed by atoms with Crippen LogP contribution < -0.4 is 10.6 Å². The zero-order chi connectivity index (χ0) is 26.2. The predicted molar refractivity (Wildman–Crippen MR) is 137 cm³/mol. The lowest BCUT2D eigenvalue weighted by molar-refractivity contribution is -0.134. The number of hydrogen-bond acceptors (Lipinski definition) is 8. The number of aliphatic carboxylic acids is 1. The highest BCUT2D eigenvalue weighted by molar-refractivity contribution is 5.83. The van der Waals surface area contributed by atoms with E-state index >= 15 is 0 Å². The van der Waals surface area contributed by atoms with Crippen molar-refractivity contribution in [3.05, 3.63) is 66.4 Å². The van der Waals surface area contributed by atoms with E-state index in [1.807, 2.05) is 0 Å². The molecule has 0 spiro atoms. The molecule has 1 fully saturated rings. The van der Waals surface area contributed by atoms with E-state index in [9.17, 15) is 9.18 Å². The normalized spacial score (nSPS) is 13.6. The molecule has 0 unspecified atom stereocenters. The fraction of sp³-hybridized carbons (Fsp3) is 0.308. The average molecular weight is 509 g/mol. The number of benzene rings is 1. The van der Waals surface area contributed by atoms with E-state index in [4.69, 9.17) is 15.3 Å². The molecular weight excluding hydrogens is 479 g/mol. The molecule has 0 atom stereocenters. The monoisotopic (exact) mass is 508 g/mol. The third kappa shape index (κ3) is 7.21. The molecule has 0 amide bonds. The number of aromatic nitrogens is 4. The van der Waals surface area contributed by atoms with Crippen molar-refractivity contribution in [3.8, 4) is 5.69 Å². The maximum absolute atomic E-state index is 14.6. The first kappa shape index (κ1) is 26.0. The molecule has 0 aliphatic heterocycles. The first-order valence-electron chi connectivity index (χ1n) is 12.0. The molecule has 4 aromatic rings. The fourth-order valence-corrected chi connectivity index (χ4v) is 3.91. The van der Waals surface area contributed by atoms with Gasteiger partial charge in [-0.2, -0.15) is 5.10 Å². The molecule has 1 aliphatic carbocycles. The van der Waals surface area contributed by atoms with Gasteiger partial charge in [0.15, 0.2) is 0 Å². The summed E-state index contributed by atoms with van der Waals surface area (Å²) in [5.74, 6) is -0.686. The minimum Gasteiger partial charge on any atom is -0.480 e. The van der Waals surface area contributed by atoms with Crippen molar-refractivity contribution in [1.29, 1.82) is 0 Å². The molecule has 3 heterocycles. The maximum atomic E-state index is 14.6. The minimum atomic E-state index is -0.990. The number of nitrogens with one attached hydrogen (secondary N) is 2. The number of halogens is 1. The van der Waals surface area contributed by atoms with Gasteiger partial charge in [-0.1, -0.05) is 19.3 Å². The maximum Gasteiger partial charge on any atom is 0.322 e. The van der Waals surface area contributed by atoms with Crippen LogP contribution in [0.15, 0.2) is 54.9 Å². The van der Waals surface area contributed by atoms with Gasteiger partial charge in [-0.3, -0.25) is 4.79 Å². The van der Waals surface area contributed by atoms with Gasteiger partial charge in [0.05, 0.1) is 35.3 Å². The minimum absolute atomic E-state index is 0.0359. The smallest absolute Gasteiger partial charge is 0.322 e. The van der Waals surface area contributed by atoms with Gasteiger partial charge in [-0.15, -0.1) is 0 Å². The Morgan fingerprint density at radius 2 is 1.89 bits per heavy atom. The van der Waals surface area contributed by atoms with Gasteiger partial charge in [0.2, 0.25) is 0 Å². The molecule has 10 nitrogen and oxygen atoms in total. The van der Waals surface area contributed by atoms with Crippen LogP contribution in [0, 0.1) is 5.82 Å². The summed E-state index contributed by atoms with van der Waals surface area (Å²) in [6.45, 7) is -0.438. The van der Waals surface area contributed by atoms with Crippen LogP contribution in [0.5, 0.6) is 0 Å². The highest BCUT2D eigenvalue weighted by Crippen LogP contribution is 2.24. The summed E-state index contributed by atoms with van der Waals surface area (Å²) in [6.07, 6.45) is 9.16. The summed E-state index contributed by atoms with van der Waals surface area (Å²) in [5.41, 5.74) is 1.80. The molecule has 194 valence electrons. The van der Waals surface area contributed by atoms with Gasteiger partial charge in [-0.05, 0) is 43.2 Å². The van der Waals surface area contributed by atoms with Crippen molar-refractivity contribution in [1.82, 2.24) is 19.7 Å². The number of carboxylic acids is 1. The topological polar surface area (TPSA) is 145 Å². The molecule has 0 bridgehead atoms. The first-order valence-corrected chi connectivity index (χ1v) is 12.0. The molecule has 11 heteroatoms. The number of aliphatic hydroxyl groups is 2. The Kier molecular flexibility index (Phi) is 8.60. The lowest BCUT2D eigenvalue weighted by Crippen LogP contribution is -2.13. The molecule has 1 aliphatic rings. The van der Waals surface area contributed by atoms with E-state index in [-0.39, 0.29) is 24.9 Å². The number of fused-ring (bicyclic) bond motifs is 1. The van der Waals surface area contributed by atoms with Gasteiger partial charge in [-0.25, -0.2) is 19.0 Å². The SMILES string of the molecule is O=C(O)CNc1ccc2cnc(Nc3ccc(-n4ccc(CO)n4)cc3F)cc2n1.OC1CCCCC1. The second kappa shape index (κ2) is 12.2. The van der Waals surface area contributed by atoms with Gasteiger partial charge in [0, 0.05) is 29.9 Å². The Balaban J connectivity index is 0.000000396. The van der Waals surface area contributed by atoms with Crippen molar-refractivity contribution < 1.29 is 24.5 Å². The molecular formula is C26H29FN6O4. The van der Waals surface area contributed by atoms with Crippen LogP contribution >= 0.6 is 0 Å². The Labute approximate surface area is 212 Å². The Morgan fingerprint density at radius 3 is 2.54 bits per heavy atom. The van der Waals surface area contributed by atoms with Crippen LogP contribution in [0.4, 0.5) is 21.7 Å².